The second-order valence-corrected chi connectivity index (χ2v) is 4.47. The highest BCUT2D eigenvalue weighted by molar-refractivity contribution is 4.91. The summed E-state index contributed by atoms with van der Waals surface area (Å²) in [6.45, 7) is 6.10. The number of unbranched alkanes of at least 4 members (excludes halogenated alkanes) is 1. The van der Waals surface area contributed by atoms with Crippen molar-refractivity contribution in [3.8, 4) is 0 Å². The molecule has 2 rings (SSSR count). The number of rotatable bonds is 5. The van der Waals surface area contributed by atoms with E-state index in [-0.39, 0.29) is 0 Å². The molecule has 0 amide bonds. The molecule has 2 aliphatic rings. The van der Waals surface area contributed by atoms with Gasteiger partial charge < -0.3 is 5.32 Å². The van der Waals surface area contributed by atoms with Crippen molar-refractivity contribution in [2.45, 2.75) is 51.1 Å². The Balaban J connectivity index is 1.80. The molecule has 1 aliphatic heterocycles. The average Bonchev–Trinajstić information content (AvgIpc) is 2.82. The van der Waals surface area contributed by atoms with Crippen molar-refractivity contribution in [2.75, 3.05) is 19.6 Å². The van der Waals surface area contributed by atoms with Gasteiger partial charge in [0.25, 0.3) is 0 Å². The van der Waals surface area contributed by atoms with Gasteiger partial charge in [-0.05, 0) is 38.8 Å². The van der Waals surface area contributed by atoms with Gasteiger partial charge in [-0.15, -0.1) is 0 Å². The molecular formula is C11H22N2. The highest BCUT2D eigenvalue weighted by atomic mass is 15.2. The maximum absolute atomic E-state index is 3.47. The van der Waals surface area contributed by atoms with E-state index in [0.29, 0.717) is 0 Å². The Morgan fingerprint density at radius 2 is 2.08 bits per heavy atom. The molecule has 2 nitrogen and oxygen atoms in total. The summed E-state index contributed by atoms with van der Waals surface area (Å²) in [6, 6.07) is 1.82. The third-order valence-corrected chi connectivity index (χ3v) is 3.29. The van der Waals surface area contributed by atoms with E-state index in [1.165, 1.54) is 51.7 Å². The first-order valence-corrected chi connectivity index (χ1v) is 5.88. The van der Waals surface area contributed by atoms with Gasteiger partial charge in [-0.2, -0.15) is 0 Å². The van der Waals surface area contributed by atoms with E-state index in [1.54, 1.807) is 0 Å². The first-order valence-electron chi connectivity index (χ1n) is 5.88. The fraction of sp³-hybridized carbons (Fsp3) is 1.00. The zero-order valence-electron chi connectivity index (χ0n) is 8.76. The van der Waals surface area contributed by atoms with Crippen molar-refractivity contribution in [3.05, 3.63) is 0 Å². The second-order valence-electron chi connectivity index (χ2n) is 4.47. The summed E-state index contributed by atoms with van der Waals surface area (Å²) >= 11 is 0. The molecule has 2 heteroatoms. The average molecular weight is 182 g/mol. The van der Waals surface area contributed by atoms with Gasteiger partial charge in [0.2, 0.25) is 0 Å². The molecule has 0 aromatic carbocycles. The van der Waals surface area contributed by atoms with Gasteiger partial charge in [0.05, 0.1) is 0 Å². The highest BCUT2D eigenvalue weighted by Gasteiger charge is 2.34. The second kappa shape index (κ2) is 4.43. The van der Waals surface area contributed by atoms with Crippen LogP contribution in [0, 0.1) is 0 Å². The van der Waals surface area contributed by atoms with E-state index >= 15 is 0 Å². The van der Waals surface area contributed by atoms with E-state index in [9.17, 15) is 0 Å². The van der Waals surface area contributed by atoms with E-state index < -0.39 is 0 Å². The Labute approximate surface area is 81.7 Å². The van der Waals surface area contributed by atoms with E-state index in [0.717, 1.165) is 12.1 Å². The van der Waals surface area contributed by atoms with Gasteiger partial charge >= 0.3 is 0 Å². The lowest BCUT2D eigenvalue weighted by Gasteiger charge is -2.28. The molecule has 2 fully saturated rings. The zero-order valence-corrected chi connectivity index (χ0v) is 8.76. The summed E-state index contributed by atoms with van der Waals surface area (Å²) in [4.78, 5) is 2.77. The van der Waals surface area contributed by atoms with Crippen LogP contribution in [0.15, 0.2) is 0 Å². The Morgan fingerprint density at radius 1 is 1.23 bits per heavy atom. The predicted molar refractivity (Wildman–Crippen MR) is 55.9 cm³/mol. The minimum absolute atomic E-state index is 0.860. The van der Waals surface area contributed by atoms with Crippen LogP contribution in [0.2, 0.25) is 0 Å². The zero-order chi connectivity index (χ0) is 9.10. The summed E-state index contributed by atoms with van der Waals surface area (Å²) in [5.74, 6) is 0. The monoisotopic (exact) mass is 182 g/mol. The Hall–Kier alpha value is -0.0800. The summed E-state index contributed by atoms with van der Waals surface area (Å²) in [5, 5.41) is 3.47. The van der Waals surface area contributed by atoms with Gasteiger partial charge in [0.15, 0.2) is 0 Å². The number of nitrogens with one attached hydrogen (secondary N) is 1. The smallest absolute Gasteiger partial charge is 0.0235 e. The molecule has 1 atom stereocenters. The van der Waals surface area contributed by atoms with Crippen LogP contribution in [0.25, 0.3) is 0 Å². The maximum Gasteiger partial charge on any atom is 0.0235 e. The van der Waals surface area contributed by atoms with Crippen molar-refractivity contribution in [2.24, 2.45) is 0 Å². The normalized spacial score (nSPS) is 28.6. The van der Waals surface area contributed by atoms with E-state index in [4.69, 9.17) is 0 Å². The molecule has 1 aliphatic carbocycles. The maximum atomic E-state index is 3.47. The van der Waals surface area contributed by atoms with Crippen molar-refractivity contribution in [1.82, 2.24) is 10.2 Å². The molecule has 76 valence electrons. The molecule has 1 N–H and O–H groups in total. The van der Waals surface area contributed by atoms with Crippen LogP contribution in [0.5, 0.6) is 0 Å². The molecule has 1 unspecified atom stereocenters. The summed E-state index contributed by atoms with van der Waals surface area (Å²) in [5.41, 5.74) is 0. The lowest BCUT2D eigenvalue weighted by molar-refractivity contribution is 0.195. The van der Waals surface area contributed by atoms with Crippen molar-refractivity contribution in [1.29, 1.82) is 0 Å². The Morgan fingerprint density at radius 3 is 2.62 bits per heavy atom. The fourth-order valence-corrected chi connectivity index (χ4v) is 2.33. The lowest BCUT2D eigenvalue weighted by atomic mass is 10.2. The van der Waals surface area contributed by atoms with Crippen LogP contribution in [-0.4, -0.2) is 36.6 Å². The Kier molecular flexibility index (Phi) is 3.23. The molecule has 1 saturated heterocycles. The van der Waals surface area contributed by atoms with Gasteiger partial charge in [0, 0.05) is 18.6 Å². The predicted octanol–water partition coefficient (Wildman–Crippen LogP) is 1.61. The third-order valence-electron chi connectivity index (χ3n) is 3.29. The van der Waals surface area contributed by atoms with Crippen molar-refractivity contribution in [3.63, 3.8) is 0 Å². The van der Waals surface area contributed by atoms with Crippen molar-refractivity contribution < 1.29 is 0 Å². The molecule has 13 heavy (non-hydrogen) atoms. The first kappa shape index (κ1) is 9.47. The van der Waals surface area contributed by atoms with Crippen LogP contribution in [0.1, 0.15) is 39.0 Å². The largest absolute Gasteiger partial charge is 0.315 e. The quantitative estimate of drug-likeness (QED) is 0.695. The Bertz CT molecular complexity index is 148. The van der Waals surface area contributed by atoms with Crippen LogP contribution in [0.4, 0.5) is 0 Å². The molecule has 0 aromatic heterocycles. The van der Waals surface area contributed by atoms with Gasteiger partial charge in [0.1, 0.15) is 0 Å². The molecule has 1 heterocycles. The molecule has 1 saturated carbocycles. The van der Waals surface area contributed by atoms with Crippen LogP contribution < -0.4 is 5.32 Å². The highest BCUT2D eigenvalue weighted by Crippen LogP contribution is 2.30. The first-order chi connectivity index (χ1) is 6.42. The number of hydrogen-bond donors (Lipinski definition) is 1. The minimum Gasteiger partial charge on any atom is -0.315 e. The molecule has 0 aromatic rings. The summed E-state index contributed by atoms with van der Waals surface area (Å²) in [6.07, 6.45) is 7.01. The lowest BCUT2D eigenvalue weighted by Crippen LogP contribution is -2.39. The van der Waals surface area contributed by atoms with Gasteiger partial charge in [-0.3, -0.25) is 4.90 Å². The number of nitrogens with zero attached hydrogens (tertiary/aromatic N) is 1. The topological polar surface area (TPSA) is 15.3 Å². The van der Waals surface area contributed by atoms with Crippen LogP contribution in [0.3, 0.4) is 0 Å². The number of hydrogen-bond acceptors (Lipinski definition) is 2. The molecule has 0 bridgehead atoms. The standard InChI is InChI=1S/C11H22N2/c1-2-3-8-13(10-4-5-10)11-6-7-12-9-11/h10-12H,2-9H2,1H3. The molecule has 0 radical (unpaired) electrons. The van der Waals surface area contributed by atoms with Crippen LogP contribution >= 0.6 is 0 Å². The summed E-state index contributed by atoms with van der Waals surface area (Å²) < 4.78 is 0. The van der Waals surface area contributed by atoms with Crippen molar-refractivity contribution >= 4 is 0 Å². The molecule has 0 spiro atoms. The van der Waals surface area contributed by atoms with Gasteiger partial charge in [-0.1, -0.05) is 13.3 Å². The SMILES string of the molecule is CCCCN(C1CC1)C1CCNC1. The fourth-order valence-electron chi connectivity index (χ4n) is 2.33. The molecular weight excluding hydrogens is 160 g/mol. The minimum atomic E-state index is 0.860. The third kappa shape index (κ3) is 2.44. The van der Waals surface area contributed by atoms with E-state index in [1.807, 2.05) is 0 Å². The van der Waals surface area contributed by atoms with Gasteiger partial charge in [-0.25, -0.2) is 0 Å². The van der Waals surface area contributed by atoms with Crippen LogP contribution in [-0.2, 0) is 0 Å². The van der Waals surface area contributed by atoms with E-state index in [2.05, 4.69) is 17.1 Å². The summed E-state index contributed by atoms with van der Waals surface area (Å²) in [7, 11) is 0.